The number of Topliss-reactive ketones (excluding diaryl/α,β-unsaturated/α-hetero) is 1. The van der Waals surface area contributed by atoms with Crippen molar-refractivity contribution in [1.82, 2.24) is 4.98 Å². The van der Waals surface area contributed by atoms with Crippen molar-refractivity contribution in [3.8, 4) is 11.5 Å². The zero-order chi connectivity index (χ0) is 27.3. The van der Waals surface area contributed by atoms with Crippen molar-refractivity contribution in [3.63, 3.8) is 0 Å². The van der Waals surface area contributed by atoms with E-state index in [9.17, 15) is 14.7 Å². The quantitative estimate of drug-likeness (QED) is 0.126. The number of anilines is 1. The van der Waals surface area contributed by atoms with Gasteiger partial charge in [0.25, 0.3) is 5.78 Å². The fraction of sp³-hybridized carbons (Fsp3) is 0.167. The summed E-state index contributed by atoms with van der Waals surface area (Å²) in [4.78, 5) is 33.1. The second kappa shape index (κ2) is 9.87. The molecule has 1 amide bonds. The molecule has 9 heteroatoms. The SMILES string of the molecule is C=CCOc1cccc([C@@H]2C(=C(O)c3ccc4c(c3)C[C@H](C)O4)C(=O)C(=O)N2c2nc3ccc(Cl)cc3s2)c1. The third kappa shape index (κ3) is 4.45. The third-order valence-corrected chi connectivity index (χ3v) is 7.95. The van der Waals surface area contributed by atoms with Gasteiger partial charge in [0.2, 0.25) is 0 Å². The topological polar surface area (TPSA) is 89.0 Å². The minimum atomic E-state index is -0.934. The van der Waals surface area contributed by atoms with Gasteiger partial charge < -0.3 is 14.6 Å². The number of nitrogens with zero attached hydrogens (tertiary/aromatic N) is 2. The Hall–Kier alpha value is -4.14. The van der Waals surface area contributed by atoms with Gasteiger partial charge in [-0.2, -0.15) is 0 Å². The van der Waals surface area contributed by atoms with Crippen molar-refractivity contribution < 1.29 is 24.2 Å². The zero-order valence-corrected chi connectivity index (χ0v) is 22.5. The van der Waals surface area contributed by atoms with E-state index in [0.717, 1.165) is 16.0 Å². The Morgan fingerprint density at radius 1 is 1.23 bits per heavy atom. The molecule has 0 bridgehead atoms. The number of aliphatic hydroxyl groups is 1. The molecule has 1 N–H and O–H groups in total. The number of ketones is 1. The maximum absolute atomic E-state index is 13.6. The molecule has 3 aromatic carbocycles. The van der Waals surface area contributed by atoms with Crippen molar-refractivity contribution in [3.05, 3.63) is 101 Å². The molecule has 0 radical (unpaired) electrons. The highest BCUT2D eigenvalue weighted by atomic mass is 35.5. The molecule has 0 spiro atoms. The predicted octanol–water partition coefficient (Wildman–Crippen LogP) is 6.46. The van der Waals surface area contributed by atoms with Crippen LogP contribution in [0.1, 0.15) is 29.7 Å². The van der Waals surface area contributed by atoms with Gasteiger partial charge in [-0.1, -0.05) is 47.7 Å². The molecule has 1 fully saturated rings. The van der Waals surface area contributed by atoms with E-state index in [1.807, 2.05) is 13.0 Å². The van der Waals surface area contributed by atoms with E-state index < -0.39 is 17.7 Å². The lowest BCUT2D eigenvalue weighted by atomic mass is 9.94. The highest BCUT2D eigenvalue weighted by molar-refractivity contribution is 7.22. The van der Waals surface area contributed by atoms with Gasteiger partial charge in [-0.25, -0.2) is 4.98 Å². The van der Waals surface area contributed by atoms with Crippen LogP contribution in [0.25, 0.3) is 16.0 Å². The molecule has 0 unspecified atom stereocenters. The number of thiazole rings is 1. The molecule has 1 saturated heterocycles. The van der Waals surface area contributed by atoms with Crippen molar-refractivity contribution >= 4 is 55.7 Å². The summed E-state index contributed by atoms with van der Waals surface area (Å²) in [5.74, 6) is -0.543. The van der Waals surface area contributed by atoms with Crippen LogP contribution in [-0.2, 0) is 16.0 Å². The Labute approximate surface area is 233 Å². The minimum absolute atomic E-state index is 0.0221. The van der Waals surface area contributed by atoms with E-state index in [0.29, 0.717) is 39.0 Å². The number of benzene rings is 3. The third-order valence-electron chi connectivity index (χ3n) is 6.70. The largest absolute Gasteiger partial charge is 0.507 e. The Morgan fingerprint density at radius 3 is 2.90 bits per heavy atom. The number of carbonyl (C=O) groups excluding carboxylic acids is 2. The van der Waals surface area contributed by atoms with Crippen LogP contribution >= 0.6 is 22.9 Å². The molecule has 0 aliphatic carbocycles. The lowest BCUT2D eigenvalue weighted by Crippen LogP contribution is -2.29. The van der Waals surface area contributed by atoms with Gasteiger partial charge in [0, 0.05) is 17.0 Å². The molecule has 4 aromatic rings. The molecule has 1 aromatic heterocycles. The Kier molecular flexibility index (Phi) is 6.37. The van der Waals surface area contributed by atoms with Gasteiger partial charge in [-0.15, -0.1) is 0 Å². The number of fused-ring (bicyclic) bond motifs is 2. The van der Waals surface area contributed by atoms with Crippen LogP contribution in [0, 0.1) is 0 Å². The highest BCUT2D eigenvalue weighted by Gasteiger charge is 2.48. The number of amides is 1. The molecule has 2 atom stereocenters. The summed E-state index contributed by atoms with van der Waals surface area (Å²) >= 11 is 7.43. The van der Waals surface area contributed by atoms with E-state index in [4.69, 9.17) is 21.1 Å². The Morgan fingerprint density at radius 2 is 2.08 bits per heavy atom. The van der Waals surface area contributed by atoms with E-state index in [1.54, 1.807) is 60.7 Å². The molecule has 6 rings (SSSR count). The number of ether oxygens (including phenoxy) is 2. The molecule has 2 aliphatic heterocycles. The van der Waals surface area contributed by atoms with Crippen molar-refractivity contribution in [2.75, 3.05) is 11.5 Å². The monoisotopic (exact) mass is 558 g/mol. The van der Waals surface area contributed by atoms with E-state index >= 15 is 0 Å². The minimum Gasteiger partial charge on any atom is -0.507 e. The van der Waals surface area contributed by atoms with Gasteiger partial charge in [0.05, 0.1) is 21.8 Å². The average molecular weight is 559 g/mol. The number of aliphatic hydroxyl groups excluding tert-OH is 1. The summed E-state index contributed by atoms with van der Waals surface area (Å²) < 4.78 is 12.3. The number of hydrogen-bond donors (Lipinski definition) is 1. The van der Waals surface area contributed by atoms with Crippen LogP contribution in [0.5, 0.6) is 11.5 Å². The standard InChI is InChI=1S/C30H23ClN2O5S/c1-3-11-37-21-6-4-5-17(14-21)26-25(27(34)18-7-10-23-19(13-18)12-16(2)38-23)28(35)29(36)33(26)30-32-22-9-8-20(31)15-24(22)39-30/h3-10,13-16,26,34H,1,11-12H2,2H3/t16-,26+/m0/s1. The predicted molar refractivity (Wildman–Crippen MR) is 152 cm³/mol. The maximum atomic E-state index is 13.6. The summed E-state index contributed by atoms with van der Waals surface area (Å²) in [5.41, 5.74) is 2.58. The summed E-state index contributed by atoms with van der Waals surface area (Å²) in [6, 6.07) is 16.7. The summed E-state index contributed by atoms with van der Waals surface area (Å²) in [6.07, 6.45) is 2.34. The second-order valence-corrected chi connectivity index (χ2v) is 10.9. The molecule has 196 valence electrons. The Bertz CT molecular complexity index is 1690. The first-order valence-corrected chi connectivity index (χ1v) is 13.5. The van der Waals surface area contributed by atoms with Gasteiger partial charge in [-0.3, -0.25) is 14.5 Å². The molecule has 3 heterocycles. The fourth-order valence-corrected chi connectivity index (χ4v) is 6.26. The number of rotatable bonds is 6. The van der Waals surface area contributed by atoms with Crippen LogP contribution in [0.3, 0.4) is 0 Å². The van der Waals surface area contributed by atoms with E-state index in [-0.39, 0.29) is 24.0 Å². The summed E-state index contributed by atoms with van der Waals surface area (Å²) in [7, 11) is 0. The number of hydrogen-bond acceptors (Lipinski definition) is 7. The lowest BCUT2D eigenvalue weighted by molar-refractivity contribution is -0.132. The first kappa shape index (κ1) is 25.2. The first-order chi connectivity index (χ1) is 18.8. The molecular formula is C30H23ClN2O5S. The van der Waals surface area contributed by atoms with Crippen LogP contribution in [0.2, 0.25) is 5.02 Å². The van der Waals surface area contributed by atoms with Crippen molar-refractivity contribution in [2.24, 2.45) is 0 Å². The van der Waals surface area contributed by atoms with Gasteiger partial charge in [0.1, 0.15) is 30.0 Å². The number of halogens is 1. The summed E-state index contributed by atoms with van der Waals surface area (Å²) in [5, 5.41) is 12.4. The smallest absolute Gasteiger partial charge is 0.301 e. The first-order valence-electron chi connectivity index (χ1n) is 12.3. The summed E-state index contributed by atoms with van der Waals surface area (Å²) in [6.45, 7) is 5.94. The lowest BCUT2D eigenvalue weighted by Gasteiger charge is -2.23. The average Bonchev–Trinajstić information content (AvgIpc) is 3.59. The zero-order valence-electron chi connectivity index (χ0n) is 20.9. The number of aromatic nitrogens is 1. The van der Waals surface area contributed by atoms with E-state index in [1.165, 1.54) is 16.2 Å². The van der Waals surface area contributed by atoms with Gasteiger partial charge in [0.15, 0.2) is 5.13 Å². The van der Waals surface area contributed by atoms with Crippen LogP contribution in [-0.4, -0.2) is 34.5 Å². The second-order valence-electron chi connectivity index (χ2n) is 9.40. The van der Waals surface area contributed by atoms with Crippen molar-refractivity contribution in [2.45, 2.75) is 25.5 Å². The van der Waals surface area contributed by atoms with Crippen LogP contribution in [0.15, 0.2) is 78.9 Å². The van der Waals surface area contributed by atoms with Gasteiger partial charge >= 0.3 is 5.91 Å². The Balaban J connectivity index is 1.53. The maximum Gasteiger partial charge on any atom is 0.301 e. The molecule has 2 aliphatic rings. The fourth-order valence-electron chi connectivity index (χ4n) is 4.99. The van der Waals surface area contributed by atoms with Crippen LogP contribution < -0.4 is 14.4 Å². The molecular weight excluding hydrogens is 536 g/mol. The van der Waals surface area contributed by atoms with Gasteiger partial charge in [-0.05, 0) is 66.6 Å². The molecule has 0 saturated carbocycles. The molecule has 39 heavy (non-hydrogen) atoms. The van der Waals surface area contributed by atoms with E-state index in [2.05, 4.69) is 11.6 Å². The van der Waals surface area contributed by atoms with Crippen molar-refractivity contribution in [1.29, 1.82) is 0 Å². The normalized spacial score (nSPS) is 19.8. The number of carbonyl (C=O) groups is 2. The molecule has 7 nitrogen and oxygen atoms in total. The highest BCUT2D eigenvalue weighted by Crippen LogP contribution is 2.45. The van der Waals surface area contributed by atoms with Crippen LogP contribution in [0.4, 0.5) is 5.13 Å².